The summed E-state index contributed by atoms with van der Waals surface area (Å²) < 4.78 is 29.2. The average molecular weight is 375 g/mol. The van der Waals surface area contributed by atoms with Gasteiger partial charge in [0.25, 0.3) is 0 Å². The Morgan fingerprint density at radius 1 is 1.43 bits per heavy atom. The SMILES string of the molecule is Cc1c(Br)cc(CN)cc1S(=O)(=O)NC1CCCC1(C)C. The first-order chi connectivity index (χ1) is 9.67. The zero-order chi connectivity index (χ0) is 15.8. The highest BCUT2D eigenvalue weighted by Crippen LogP contribution is 2.38. The van der Waals surface area contributed by atoms with Gasteiger partial charge in [0.05, 0.1) is 4.90 Å². The molecule has 118 valence electrons. The van der Waals surface area contributed by atoms with E-state index in [9.17, 15) is 8.42 Å². The zero-order valence-corrected chi connectivity index (χ0v) is 15.1. The third kappa shape index (κ3) is 3.50. The molecule has 0 spiro atoms. The van der Waals surface area contributed by atoms with E-state index in [1.54, 1.807) is 13.0 Å². The molecule has 0 aliphatic heterocycles. The van der Waals surface area contributed by atoms with Gasteiger partial charge in [0.2, 0.25) is 10.0 Å². The molecule has 2 rings (SSSR count). The van der Waals surface area contributed by atoms with Crippen LogP contribution < -0.4 is 10.5 Å². The van der Waals surface area contributed by atoms with E-state index in [0.717, 1.165) is 34.9 Å². The summed E-state index contributed by atoms with van der Waals surface area (Å²) in [5, 5.41) is 0. The first kappa shape index (κ1) is 16.9. The molecule has 0 heterocycles. The quantitative estimate of drug-likeness (QED) is 0.850. The van der Waals surface area contributed by atoms with Crippen LogP contribution in [-0.4, -0.2) is 14.5 Å². The molecule has 1 unspecified atom stereocenters. The van der Waals surface area contributed by atoms with E-state index in [1.807, 2.05) is 6.07 Å². The summed E-state index contributed by atoms with van der Waals surface area (Å²) in [5.41, 5.74) is 7.18. The van der Waals surface area contributed by atoms with Crippen molar-refractivity contribution in [1.82, 2.24) is 4.72 Å². The van der Waals surface area contributed by atoms with Crippen LogP contribution in [0.5, 0.6) is 0 Å². The van der Waals surface area contributed by atoms with Crippen molar-refractivity contribution in [3.8, 4) is 0 Å². The van der Waals surface area contributed by atoms with Gasteiger partial charge < -0.3 is 5.73 Å². The standard InChI is InChI=1S/C15H23BrN2O2S/c1-10-12(16)7-11(9-17)8-13(10)21(19,20)18-14-5-4-6-15(14,2)3/h7-8,14,18H,4-6,9,17H2,1-3H3. The predicted molar refractivity (Wildman–Crippen MR) is 88.5 cm³/mol. The first-order valence-corrected chi connectivity index (χ1v) is 9.46. The summed E-state index contributed by atoms with van der Waals surface area (Å²) in [4.78, 5) is 0.319. The van der Waals surface area contributed by atoms with Crippen LogP contribution in [-0.2, 0) is 16.6 Å². The second-order valence-electron chi connectivity index (χ2n) is 6.46. The molecule has 0 bridgehead atoms. The van der Waals surface area contributed by atoms with Gasteiger partial charge in [-0.15, -0.1) is 0 Å². The van der Waals surface area contributed by atoms with E-state index in [4.69, 9.17) is 5.73 Å². The monoisotopic (exact) mass is 374 g/mol. The van der Waals surface area contributed by atoms with E-state index in [-0.39, 0.29) is 11.5 Å². The van der Waals surface area contributed by atoms with E-state index >= 15 is 0 Å². The number of benzene rings is 1. The number of sulfonamides is 1. The molecule has 1 atom stereocenters. The lowest BCUT2D eigenvalue weighted by Gasteiger charge is -2.28. The Labute approximate surface area is 135 Å². The Hall–Kier alpha value is -0.430. The summed E-state index contributed by atoms with van der Waals surface area (Å²) in [6.07, 6.45) is 3.00. The lowest BCUT2D eigenvalue weighted by molar-refractivity contribution is 0.313. The number of halogens is 1. The van der Waals surface area contributed by atoms with Gasteiger partial charge in [-0.2, -0.15) is 0 Å². The normalized spacial score (nSPS) is 21.7. The Bertz CT molecular complexity index is 641. The molecule has 1 aliphatic rings. The fourth-order valence-electron chi connectivity index (χ4n) is 2.90. The van der Waals surface area contributed by atoms with E-state index < -0.39 is 10.0 Å². The van der Waals surface area contributed by atoms with Gasteiger partial charge in [0, 0.05) is 17.1 Å². The summed E-state index contributed by atoms with van der Waals surface area (Å²) in [6, 6.07) is 3.53. The van der Waals surface area contributed by atoms with Crippen LogP contribution in [0.25, 0.3) is 0 Å². The van der Waals surface area contributed by atoms with Crippen molar-refractivity contribution in [2.75, 3.05) is 0 Å². The molecule has 1 saturated carbocycles. The van der Waals surface area contributed by atoms with Gasteiger partial charge >= 0.3 is 0 Å². The summed E-state index contributed by atoms with van der Waals surface area (Å²) >= 11 is 3.42. The third-order valence-corrected chi connectivity index (χ3v) is 6.86. The van der Waals surface area contributed by atoms with Crippen molar-refractivity contribution in [2.24, 2.45) is 11.1 Å². The van der Waals surface area contributed by atoms with Crippen molar-refractivity contribution in [3.63, 3.8) is 0 Å². The molecule has 0 aromatic heterocycles. The minimum Gasteiger partial charge on any atom is -0.326 e. The molecule has 1 aromatic carbocycles. The predicted octanol–water partition coefficient (Wildman–Crippen LogP) is 3.07. The number of nitrogens with one attached hydrogen (secondary N) is 1. The van der Waals surface area contributed by atoms with Crippen LogP contribution in [0.4, 0.5) is 0 Å². The highest BCUT2D eigenvalue weighted by atomic mass is 79.9. The Balaban J connectivity index is 2.38. The minimum atomic E-state index is -3.54. The number of nitrogens with two attached hydrogens (primary N) is 1. The van der Waals surface area contributed by atoms with Crippen LogP contribution in [0.2, 0.25) is 0 Å². The molecule has 3 N–H and O–H groups in total. The maximum atomic E-state index is 12.7. The van der Waals surface area contributed by atoms with Crippen molar-refractivity contribution >= 4 is 26.0 Å². The lowest BCUT2D eigenvalue weighted by atomic mass is 9.88. The smallest absolute Gasteiger partial charge is 0.241 e. The third-order valence-electron chi connectivity index (χ3n) is 4.44. The van der Waals surface area contributed by atoms with Crippen molar-refractivity contribution in [2.45, 2.75) is 57.5 Å². The van der Waals surface area contributed by atoms with E-state index in [2.05, 4.69) is 34.5 Å². The zero-order valence-electron chi connectivity index (χ0n) is 12.7. The van der Waals surface area contributed by atoms with Crippen LogP contribution in [0.1, 0.15) is 44.2 Å². The second kappa shape index (κ2) is 5.99. The molecule has 0 saturated heterocycles. The minimum absolute atomic E-state index is 0.00366. The summed E-state index contributed by atoms with van der Waals surface area (Å²) in [6.45, 7) is 6.35. The first-order valence-electron chi connectivity index (χ1n) is 7.19. The summed E-state index contributed by atoms with van der Waals surface area (Å²) in [7, 11) is -3.54. The highest BCUT2D eigenvalue weighted by molar-refractivity contribution is 9.10. The van der Waals surface area contributed by atoms with E-state index in [1.165, 1.54) is 0 Å². The lowest BCUT2D eigenvalue weighted by Crippen LogP contribution is -2.41. The average Bonchev–Trinajstić information content (AvgIpc) is 2.71. The van der Waals surface area contributed by atoms with E-state index in [0.29, 0.717) is 11.4 Å². The van der Waals surface area contributed by atoms with Gasteiger partial charge in [-0.3, -0.25) is 0 Å². The van der Waals surface area contributed by atoms with Crippen LogP contribution >= 0.6 is 15.9 Å². The van der Waals surface area contributed by atoms with Crippen LogP contribution in [0.15, 0.2) is 21.5 Å². The summed E-state index contributed by atoms with van der Waals surface area (Å²) in [5.74, 6) is 0. The van der Waals surface area contributed by atoms with Gasteiger partial charge in [0.15, 0.2) is 0 Å². The Morgan fingerprint density at radius 3 is 2.62 bits per heavy atom. The molecular formula is C15H23BrN2O2S. The molecule has 0 amide bonds. The molecule has 6 heteroatoms. The molecule has 0 radical (unpaired) electrons. The highest BCUT2D eigenvalue weighted by Gasteiger charge is 2.37. The maximum Gasteiger partial charge on any atom is 0.241 e. The second-order valence-corrected chi connectivity index (χ2v) is 9.00. The number of hydrogen-bond donors (Lipinski definition) is 2. The topological polar surface area (TPSA) is 72.2 Å². The van der Waals surface area contributed by atoms with Crippen molar-refractivity contribution in [3.05, 3.63) is 27.7 Å². The van der Waals surface area contributed by atoms with Gasteiger partial charge in [-0.25, -0.2) is 13.1 Å². The molecular weight excluding hydrogens is 352 g/mol. The number of rotatable bonds is 4. The molecule has 21 heavy (non-hydrogen) atoms. The van der Waals surface area contributed by atoms with Crippen LogP contribution in [0, 0.1) is 12.3 Å². The largest absolute Gasteiger partial charge is 0.326 e. The van der Waals surface area contributed by atoms with Crippen molar-refractivity contribution in [1.29, 1.82) is 0 Å². The Morgan fingerprint density at radius 2 is 2.10 bits per heavy atom. The molecule has 1 fully saturated rings. The Kier molecular flexibility index (Phi) is 4.83. The maximum absolute atomic E-state index is 12.7. The van der Waals surface area contributed by atoms with Gasteiger partial charge in [-0.1, -0.05) is 36.2 Å². The molecule has 1 aliphatic carbocycles. The molecule has 4 nitrogen and oxygen atoms in total. The van der Waals surface area contributed by atoms with Crippen molar-refractivity contribution < 1.29 is 8.42 Å². The van der Waals surface area contributed by atoms with Crippen LogP contribution in [0.3, 0.4) is 0 Å². The van der Waals surface area contributed by atoms with Gasteiger partial charge in [0.1, 0.15) is 0 Å². The fourth-order valence-corrected chi connectivity index (χ4v) is 5.30. The fraction of sp³-hybridized carbons (Fsp3) is 0.600. The number of hydrogen-bond acceptors (Lipinski definition) is 3. The molecule has 1 aromatic rings. The van der Waals surface area contributed by atoms with Gasteiger partial charge in [-0.05, 0) is 48.4 Å².